The monoisotopic (exact) mass is 381 g/mol. The van der Waals surface area contributed by atoms with Gasteiger partial charge in [0.2, 0.25) is 5.43 Å². The summed E-state index contributed by atoms with van der Waals surface area (Å²) < 4.78 is 41.1. The van der Waals surface area contributed by atoms with Crippen LogP contribution < -0.4 is 5.43 Å². The zero-order chi connectivity index (χ0) is 20.4. The third-order valence-electron chi connectivity index (χ3n) is 4.56. The van der Waals surface area contributed by atoms with Crippen LogP contribution in [0.1, 0.15) is 48.4 Å². The number of benzene rings is 1. The van der Waals surface area contributed by atoms with E-state index in [1.54, 1.807) is 7.05 Å². The minimum atomic E-state index is -4.59. The molecule has 0 spiro atoms. The van der Waals surface area contributed by atoms with E-state index < -0.39 is 28.8 Å². The summed E-state index contributed by atoms with van der Waals surface area (Å²) >= 11 is 0. The van der Waals surface area contributed by atoms with Crippen LogP contribution in [0.2, 0.25) is 0 Å². The summed E-state index contributed by atoms with van der Waals surface area (Å²) in [7, 11) is 1.56. The number of aryl methyl sites for hydroxylation is 1. The highest BCUT2D eigenvalue weighted by atomic mass is 19.4. The van der Waals surface area contributed by atoms with Crippen molar-refractivity contribution < 1.29 is 18.0 Å². The van der Waals surface area contributed by atoms with Crippen molar-refractivity contribution in [1.82, 2.24) is 14.7 Å². The van der Waals surface area contributed by atoms with Crippen LogP contribution in [0, 0.1) is 6.92 Å². The first kappa shape index (κ1) is 20.7. The Bertz CT molecular complexity index is 886. The van der Waals surface area contributed by atoms with Crippen LogP contribution in [0.5, 0.6) is 0 Å². The van der Waals surface area contributed by atoms with Crippen LogP contribution in [-0.2, 0) is 6.18 Å². The van der Waals surface area contributed by atoms with Gasteiger partial charge >= 0.3 is 6.18 Å². The summed E-state index contributed by atoms with van der Waals surface area (Å²) in [6.45, 7) is 5.30. The maximum Gasteiger partial charge on any atom is 0.418 e. The molecule has 0 radical (unpaired) electrons. The van der Waals surface area contributed by atoms with E-state index in [9.17, 15) is 22.8 Å². The standard InChI is InChI=1S/C19H22F3N3O2/c1-5-13(6-2)24(4)18(27)17-16(26)11-12(3)25(23-17)15-10-8-7-9-14(15)19(20,21)22/h7-11,13H,5-6H2,1-4H3. The second-order valence-electron chi connectivity index (χ2n) is 6.31. The molecule has 0 aliphatic heterocycles. The molecule has 27 heavy (non-hydrogen) atoms. The first-order valence-electron chi connectivity index (χ1n) is 8.66. The Kier molecular flexibility index (Phi) is 6.08. The lowest BCUT2D eigenvalue weighted by molar-refractivity contribution is -0.137. The van der Waals surface area contributed by atoms with Crippen molar-refractivity contribution in [3.8, 4) is 5.69 Å². The highest BCUT2D eigenvalue weighted by Crippen LogP contribution is 2.33. The molecular weight excluding hydrogens is 359 g/mol. The van der Waals surface area contributed by atoms with Crippen LogP contribution in [-0.4, -0.2) is 33.7 Å². The number of nitrogens with zero attached hydrogens (tertiary/aromatic N) is 3. The van der Waals surface area contributed by atoms with Gasteiger partial charge in [-0.15, -0.1) is 0 Å². The van der Waals surface area contributed by atoms with Gasteiger partial charge in [0.15, 0.2) is 5.69 Å². The molecule has 0 aliphatic rings. The quantitative estimate of drug-likeness (QED) is 0.791. The molecule has 0 atom stereocenters. The van der Waals surface area contributed by atoms with Crippen molar-refractivity contribution in [1.29, 1.82) is 0 Å². The third kappa shape index (κ3) is 4.20. The summed E-state index contributed by atoms with van der Waals surface area (Å²) in [6.07, 6.45) is -3.21. The molecule has 1 amide bonds. The maximum atomic E-state index is 13.4. The zero-order valence-corrected chi connectivity index (χ0v) is 15.7. The fraction of sp³-hybridized carbons (Fsp3) is 0.421. The number of alkyl halides is 3. The number of amides is 1. The molecule has 0 aliphatic carbocycles. The predicted octanol–water partition coefficient (Wildman–Crippen LogP) is 3.82. The summed E-state index contributed by atoms with van der Waals surface area (Å²) in [5, 5.41) is 4.00. The molecule has 0 unspecified atom stereocenters. The highest BCUT2D eigenvalue weighted by molar-refractivity contribution is 5.92. The fourth-order valence-electron chi connectivity index (χ4n) is 3.01. The van der Waals surface area contributed by atoms with E-state index in [0.717, 1.165) is 16.8 Å². The number of carbonyl (C=O) groups excluding carboxylic acids is 1. The largest absolute Gasteiger partial charge is 0.418 e. The van der Waals surface area contributed by atoms with Gasteiger partial charge in [0.1, 0.15) is 0 Å². The molecule has 8 heteroatoms. The Hall–Kier alpha value is -2.64. The number of carbonyl (C=O) groups is 1. The zero-order valence-electron chi connectivity index (χ0n) is 15.7. The molecule has 0 saturated heterocycles. The summed E-state index contributed by atoms with van der Waals surface area (Å²) in [5.41, 5.74) is -1.93. The van der Waals surface area contributed by atoms with Crippen LogP contribution in [0.4, 0.5) is 13.2 Å². The van der Waals surface area contributed by atoms with Crippen LogP contribution >= 0.6 is 0 Å². The second kappa shape index (κ2) is 7.94. The number of halogens is 3. The van der Waals surface area contributed by atoms with Gasteiger partial charge in [0.05, 0.1) is 11.3 Å². The number of hydrogen-bond acceptors (Lipinski definition) is 3. The molecule has 0 fully saturated rings. The van der Waals surface area contributed by atoms with Gasteiger partial charge < -0.3 is 4.90 Å². The highest BCUT2D eigenvalue weighted by Gasteiger charge is 2.34. The van der Waals surface area contributed by atoms with Gasteiger partial charge in [-0.1, -0.05) is 26.0 Å². The Morgan fingerprint density at radius 2 is 1.81 bits per heavy atom. The van der Waals surface area contributed by atoms with Gasteiger partial charge in [-0.2, -0.15) is 18.3 Å². The van der Waals surface area contributed by atoms with Crippen molar-refractivity contribution in [2.45, 2.75) is 45.8 Å². The van der Waals surface area contributed by atoms with Crippen molar-refractivity contribution >= 4 is 5.91 Å². The van der Waals surface area contributed by atoms with E-state index in [4.69, 9.17) is 0 Å². The van der Waals surface area contributed by atoms with Gasteiger partial charge in [-0.3, -0.25) is 9.59 Å². The van der Waals surface area contributed by atoms with E-state index in [-0.39, 0.29) is 17.4 Å². The van der Waals surface area contributed by atoms with Gasteiger partial charge in [-0.25, -0.2) is 4.68 Å². The third-order valence-corrected chi connectivity index (χ3v) is 4.56. The summed E-state index contributed by atoms with van der Waals surface area (Å²) in [6, 6.07) is 5.96. The predicted molar refractivity (Wildman–Crippen MR) is 96.0 cm³/mol. The molecule has 2 rings (SSSR count). The van der Waals surface area contributed by atoms with Crippen LogP contribution in [0.3, 0.4) is 0 Å². The Morgan fingerprint density at radius 1 is 1.22 bits per heavy atom. The van der Waals surface area contributed by atoms with Crippen molar-refractivity contribution in [3.63, 3.8) is 0 Å². The minimum Gasteiger partial charge on any atom is -0.337 e. The lowest BCUT2D eigenvalue weighted by Crippen LogP contribution is -2.40. The average molecular weight is 381 g/mol. The van der Waals surface area contributed by atoms with E-state index in [1.807, 2.05) is 13.8 Å². The molecule has 1 aromatic heterocycles. The molecule has 0 saturated carbocycles. The van der Waals surface area contributed by atoms with Crippen LogP contribution in [0.25, 0.3) is 5.69 Å². The molecule has 5 nitrogen and oxygen atoms in total. The average Bonchev–Trinajstić information content (AvgIpc) is 2.61. The SMILES string of the molecule is CCC(CC)N(C)C(=O)c1nn(-c2ccccc2C(F)(F)F)c(C)cc1=O. The van der Waals surface area contributed by atoms with Crippen molar-refractivity contribution in [2.24, 2.45) is 0 Å². The van der Waals surface area contributed by atoms with Crippen molar-refractivity contribution in [2.75, 3.05) is 7.05 Å². The Labute approximate surface area is 155 Å². The maximum absolute atomic E-state index is 13.4. The van der Waals surface area contributed by atoms with Crippen molar-refractivity contribution in [3.05, 3.63) is 57.5 Å². The van der Waals surface area contributed by atoms with Gasteiger partial charge in [0.25, 0.3) is 5.91 Å². The van der Waals surface area contributed by atoms with Gasteiger partial charge in [-0.05, 0) is 31.9 Å². The normalized spacial score (nSPS) is 11.7. The second-order valence-corrected chi connectivity index (χ2v) is 6.31. The first-order chi connectivity index (χ1) is 12.6. The van der Waals surface area contributed by atoms with Crippen LogP contribution in [0.15, 0.2) is 35.1 Å². The Balaban J connectivity index is 2.62. The molecule has 1 aromatic carbocycles. The Morgan fingerprint density at radius 3 is 2.37 bits per heavy atom. The molecule has 1 heterocycles. The molecule has 0 N–H and O–H groups in total. The van der Waals surface area contributed by atoms with E-state index in [0.29, 0.717) is 12.8 Å². The number of rotatable bonds is 5. The van der Waals surface area contributed by atoms with E-state index >= 15 is 0 Å². The van der Waals surface area contributed by atoms with Gasteiger partial charge in [0, 0.05) is 24.8 Å². The lowest BCUT2D eigenvalue weighted by atomic mass is 10.1. The lowest BCUT2D eigenvalue weighted by Gasteiger charge is -2.26. The molecule has 146 valence electrons. The van der Waals surface area contributed by atoms with E-state index in [1.165, 1.54) is 30.0 Å². The molecule has 2 aromatic rings. The molecular formula is C19H22F3N3O2. The number of aromatic nitrogens is 2. The topological polar surface area (TPSA) is 55.2 Å². The summed E-state index contributed by atoms with van der Waals surface area (Å²) in [4.78, 5) is 26.5. The summed E-state index contributed by atoms with van der Waals surface area (Å²) in [5.74, 6) is -0.605. The molecule has 0 bridgehead atoms. The smallest absolute Gasteiger partial charge is 0.337 e. The van der Waals surface area contributed by atoms with E-state index in [2.05, 4.69) is 5.10 Å². The fourth-order valence-corrected chi connectivity index (χ4v) is 3.01. The number of para-hydroxylation sites is 1. The number of hydrogen-bond donors (Lipinski definition) is 0. The first-order valence-corrected chi connectivity index (χ1v) is 8.66. The minimum absolute atomic E-state index is 0.0871.